The molecule has 2 N–H and O–H groups in total. The minimum absolute atomic E-state index is 0.0163. The zero-order chi connectivity index (χ0) is 24.9. The fourth-order valence-electron chi connectivity index (χ4n) is 4.21. The second-order valence-corrected chi connectivity index (χ2v) is 8.77. The highest BCUT2D eigenvalue weighted by Crippen LogP contribution is 2.35. The molecule has 1 aromatic heterocycles. The number of nitrogens with one attached hydrogen (secondary N) is 1. The van der Waals surface area contributed by atoms with Crippen molar-refractivity contribution in [2.75, 3.05) is 12.4 Å². The number of rotatable bonds is 9. The second-order valence-electron chi connectivity index (χ2n) is 8.77. The molecule has 0 saturated heterocycles. The second kappa shape index (κ2) is 10.5. The number of nitrogens with zero attached hydrogens (tertiary/aromatic N) is 1. The van der Waals surface area contributed by atoms with Crippen LogP contribution in [0, 0.1) is 6.92 Å². The number of aryl methyl sites for hydroxylation is 1. The number of aliphatic carboxylic acids is 1. The fraction of sp³-hybridized carbons (Fsp3) is 0.241. The largest absolute Gasteiger partial charge is 0.497 e. The van der Waals surface area contributed by atoms with E-state index in [2.05, 4.69) is 36.5 Å². The van der Waals surface area contributed by atoms with Gasteiger partial charge < -0.3 is 19.7 Å². The lowest BCUT2D eigenvalue weighted by Gasteiger charge is -2.23. The quantitative estimate of drug-likeness (QED) is 0.288. The van der Waals surface area contributed by atoms with Crippen molar-refractivity contribution in [3.05, 3.63) is 89.6 Å². The number of carboxylic acids is 1. The van der Waals surface area contributed by atoms with E-state index >= 15 is 0 Å². The molecule has 6 heteroatoms. The van der Waals surface area contributed by atoms with E-state index in [0.29, 0.717) is 5.76 Å². The topological polar surface area (TPSA) is 84.6 Å². The van der Waals surface area contributed by atoms with Crippen molar-refractivity contribution >= 4 is 11.7 Å². The Hall–Kier alpha value is -4.06. The van der Waals surface area contributed by atoms with Gasteiger partial charge in [0.05, 0.1) is 13.5 Å². The zero-order valence-electron chi connectivity index (χ0n) is 20.4. The Balaban J connectivity index is 1.56. The van der Waals surface area contributed by atoms with Crippen LogP contribution in [0.25, 0.3) is 22.5 Å². The maximum atomic E-state index is 11.3. The van der Waals surface area contributed by atoms with Gasteiger partial charge in [0.1, 0.15) is 17.1 Å². The average molecular weight is 471 g/mol. The van der Waals surface area contributed by atoms with Crippen molar-refractivity contribution in [1.82, 2.24) is 5.16 Å². The summed E-state index contributed by atoms with van der Waals surface area (Å²) in [6.45, 7) is 6.26. The smallest absolute Gasteiger partial charge is 0.307 e. The summed E-state index contributed by atoms with van der Waals surface area (Å²) in [5, 5.41) is 17.1. The van der Waals surface area contributed by atoms with E-state index in [4.69, 9.17) is 9.26 Å². The van der Waals surface area contributed by atoms with Gasteiger partial charge >= 0.3 is 5.97 Å². The Morgan fingerprint density at radius 2 is 1.66 bits per heavy atom. The van der Waals surface area contributed by atoms with E-state index in [1.807, 2.05) is 67.6 Å². The van der Waals surface area contributed by atoms with Gasteiger partial charge in [-0.25, -0.2) is 0 Å². The van der Waals surface area contributed by atoms with E-state index < -0.39 is 5.97 Å². The van der Waals surface area contributed by atoms with E-state index in [9.17, 15) is 9.90 Å². The summed E-state index contributed by atoms with van der Waals surface area (Å²) in [6.07, 6.45) is -0.0163. The molecule has 1 heterocycles. The van der Waals surface area contributed by atoms with Crippen LogP contribution >= 0.6 is 0 Å². The number of carbonyl (C=O) groups is 1. The molecule has 0 aliphatic rings. The molecule has 35 heavy (non-hydrogen) atoms. The van der Waals surface area contributed by atoms with Crippen LogP contribution in [-0.4, -0.2) is 29.4 Å². The Morgan fingerprint density at radius 3 is 2.31 bits per heavy atom. The Kier molecular flexibility index (Phi) is 7.20. The third-order valence-electron chi connectivity index (χ3n) is 6.44. The van der Waals surface area contributed by atoms with Gasteiger partial charge in [-0.15, -0.1) is 0 Å². The minimum Gasteiger partial charge on any atom is -0.497 e. The molecule has 4 aromatic rings. The highest BCUT2D eigenvalue weighted by atomic mass is 16.5. The van der Waals surface area contributed by atoms with Crippen molar-refractivity contribution in [3.8, 4) is 28.2 Å². The molecular weight excluding hydrogens is 440 g/mol. The van der Waals surface area contributed by atoms with Gasteiger partial charge in [-0.1, -0.05) is 72.7 Å². The van der Waals surface area contributed by atoms with Crippen LogP contribution in [0.4, 0.5) is 5.69 Å². The van der Waals surface area contributed by atoms with Crippen LogP contribution in [0.2, 0.25) is 0 Å². The van der Waals surface area contributed by atoms with Gasteiger partial charge in [-0.2, -0.15) is 0 Å². The van der Waals surface area contributed by atoms with E-state index in [1.165, 1.54) is 5.56 Å². The lowest BCUT2D eigenvalue weighted by Crippen LogP contribution is -2.22. The van der Waals surface area contributed by atoms with Gasteiger partial charge in [0.2, 0.25) is 0 Å². The zero-order valence-corrected chi connectivity index (χ0v) is 20.4. The highest BCUT2D eigenvalue weighted by molar-refractivity contribution is 5.79. The summed E-state index contributed by atoms with van der Waals surface area (Å²) in [4.78, 5) is 11.3. The first kappa shape index (κ1) is 24.1. The summed E-state index contributed by atoms with van der Waals surface area (Å²) in [7, 11) is 1.67. The first-order chi connectivity index (χ1) is 16.9. The molecule has 2 unspecified atom stereocenters. The minimum atomic E-state index is -0.847. The fourth-order valence-corrected chi connectivity index (χ4v) is 4.21. The first-order valence-electron chi connectivity index (χ1n) is 11.6. The summed E-state index contributed by atoms with van der Waals surface area (Å²) in [5.41, 5.74) is 6.43. The van der Waals surface area contributed by atoms with Crippen LogP contribution in [0.1, 0.15) is 36.6 Å². The number of hydrogen-bond acceptors (Lipinski definition) is 5. The predicted molar refractivity (Wildman–Crippen MR) is 138 cm³/mol. The number of methoxy groups -OCH3 is 1. The van der Waals surface area contributed by atoms with Crippen LogP contribution in [0.15, 0.2) is 77.3 Å². The monoisotopic (exact) mass is 470 g/mol. The maximum absolute atomic E-state index is 11.3. The molecule has 0 spiro atoms. The van der Waals surface area contributed by atoms with Crippen molar-refractivity contribution < 1.29 is 19.2 Å². The maximum Gasteiger partial charge on any atom is 0.307 e. The molecule has 4 rings (SSSR count). The molecule has 0 aliphatic carbocycles. The van der Waals surface area contributed by atoms with Crippen LogP contribution in [-0.2, 0) is 11.2 Å². The lowest BCUT2D eigenvalue weighted by molar-refractivity contribution is -0.136. The van der Waals surface area contributed by atoms with Crippen molar-refractivity contribution in [2.24, 2.45) is 0 Å². The molecule has 0 bridgehead atoms. The van der Waals surface area contributed by atoms with Crippen LogP contribution < -0.4 is 10.1 Å². The number of aromatic nitrogens is 1. The summed E-state index contributed by atoms with van der Waals surface area (Å²) in [5.74, 6) is 0.922. The van der Waals surface area contributed by atoms with Gasteiger partial charge in [-0.05, 0) is 48.2 Å². The number of hydrogen-bond donors (Lipinski definition) is 2. The predicted octanol–water partition coefficient (Wildman–Crippen LogP) is 6.56. The summed E-state index contributed by atoms with van der Waals surface area (Å²) < 4.78 is 11.0. The number of anilines is 1. The van der Waals surface area contributed by atoms with Crippen molar-refractivity contribution in [3.63, 3.8) is 0 Å². The Labute approximate surface area is 205 Å². The third-order valence-corrected chi connectivity index (χ3v) is 6.44. The molecule has 0 radical (unpaired) electrons. The van der Waals surface area contributed by atoms with Crippen LogP contribution in [0.5, 0.6) is 5.75 Å². The molecule has 0 aliphatic heterocycles. The Bertz CT molecular complexity index is 1290. The third kappa shape index (κ3) is 5.38. The normalized spacial score (nSPS) is 12.7. The lowest BCUT2D eigenvalue weighted by atomic mass is 9.93. The number of ether oxygens (including phenoxy) is 1. The van der Waals surface area contributed by atoms with Crippen molar-refractivity contribution in [2.45, 2.75) is 39.2 Å². The number of benzene rings is 3. The standard InChI is InChI=1S/C29H30N2O4/c1-18(21-13-15-25(34-4)16-14-21)19(2)30-28-20(3)31-35-29(28)23-11-9-22(10-12-23)26-8-6-5-7-24(26)17-27(32)33/h5-16,18-19,30H,17H2,1-4H3,(H,32,33). The molecule has 3 aromatic carbocycles. The number of carboxylic acid groups (broad SMARTS) is 1. The van der Waals surface area contributed by atoms with Crippen molar-refractivity contribution in [1.29, 1.82) is 0 Å². The van der Waals surface area contributed by atoms with Gasteiger partial charge in [0.15, 0.2) is 5.76 Å². The average Bonchev–Trinajstić information content (AvgIpc) is 3.23. The van der Waals surface area contributed by atoms with E-state index in [-0.39, 0.29) is 18.4 Å². The van der Waals surface area contributed by atoms with Gasteiger partial charge in [0, 0.05) is 17.5 Å². The molecule has 0 fully saturated rings. The van der Waals surface area contributed by atoms with Gasteiger partial charge in [0.25, 0.3) is 0 Å². The molecular formula is C29H30N2O4. The Morgan fingerprint density at radius 1 is 1.00 bits per heavy atom. The van der Waals surface area contributed by atoms with E-state index in [0.717, 1.165) is 39.4 Å². The van der Waals surface area contributed by atoms with E-state index in [1.54, 1.807) is 7.11 Å². The highest BCUT2D eigenvalue weighted by Gasteiger charge is 2.21. The summed E-state index contributed by atoms with van der Waals surface area (Å²) in [6, 6.07) is 23.8. The SMILES string of the molecule is COc1ccc(C(C)C(C)Nc2c(C)noc2-c2ccc(-c3ccccc3CC(=O)O)cc2)cc1. The first-order valence-corrected chi connectivity index (χ1v) is 11.6. The van der Waals surface area contributed by atoms with Crippen LogP contribution in [0.3, 0.4) is 0 Å². The molecule has 0 amide bonds. The van der Waals surface area contributed by atoms with Gasteiger partial charge in [-0.3, -0.25) is 4.79 Å². The molecule has 180 valence electrons. The molecule has 0 saturated carbocycles. The molecule has 6 nitrogen and oxygen atoms in total. The summed E-state index contributed by atoms with van der Waals surface area (Å²) >= 11 is 0. The molecule has 2 atom stereocenters.